The highest BCUT2D eigenvalue weighted by molar-refractivity contribution is 6.31. The Hall–Kier alpha value is -5.59. The van der Waals surface area contributed by atoms with E-state index in [0.717, 1.165) is 101 Å². The predicted molar refractivity (Wildman–Crippen MR) is 209 cm³/mol. The van der Waals surface area contributed by atoms with E-state index in [1.165, 1.54) is 0 Å². The highest BCUT2D eigenvalue weighted by Crippen LogP contribution is 2.32. The van der Waals surface area contributed by atoms with Gasteiger partial charge in [-0.2, -0.15) is 5.26 Å². The summed E-state index contributed by atoms with van der Waals surface area (Å²) in [5, 5.41) is 14.9. The van der Waals surface area contributed by atoms with E-state index in [0.29, 0.717) is 39.1 Å². The van der Waals surface area contributed by atoms with Gasteiger partial charge < -0.3 is 19.9 Å². The smallest absolute Gasteiger partial charge is 0.269 e. The number of ether oxygens (including phenoxy) is 1. The lowest BCUT2D eigenvalue weighted by atomic mass is 9.92. The molecule has 2 aromatic carbocycles. The number of rotatable bonds is 9. The lowest BCUT2D eigenvalue weighted by molar-refractivity contribution is -0.136. The summed E-state index contributed by atoms with van der Waals surface area (Å²) in [5.41, 5.74) is 8.70. The van der Waals surface area contributed by atoms with Crippen LogP contribution in [0.4, 0.5) is 5.69 Å². The number of hydrogen-bond donors (Lipinski definition) is 4. The minimum Gasteiger partial charge on any atom is -0.490 e. The van der Waals surface area contributed by atoms with Gasteiger partial charge in [-0.25, -0.2) is 0 Å². The van der Waals surface area contributed by atoms with Crippen molar-refractivity contribution in [3.05, 3.63) is 81.8 Å². The van der Waals surface area contributed by atoms with E-state index in [2.05, 4.69) is 42.3 Å². The zero-order valence-corrected chi connectivity index (χ0v) is 32.4. The number of hydrogen-bond acceptors (Lipinski definition) is 12. The molecule has 298 valence electrons. The number of nitrogens with zero attached hydrogens (tertiary/aromatic N) is 5. The molecule has 2 aromatic rings. The van der Waals surface area contributed by atoms with Crippen LogP contribution in [0.3, 0.4) is 0 Å². The number of imide groups is 2. The Labute approximate surface area is 335 Å². The molecule has 1 aliphatic carbocycles. The summed E-state index contributed by atoms with van der Waals surface area (Å²) in [4.78, 5) is 71.6. The molecule has 5 aliphatic heterocycles. The molecule has 0 radical (unpaired) electrons. The first-order valence-corrected chi connectivity index (χ1v) is 20.2. The third-order valence-corrected chi connectivity index (χ3v) is 12.3. The zero-order chi connectivity index (χ0) is 39.6. The molecule has 1 atom stereocenters. The van der Waals surface area contributed by atoms with Crippen molar-refractivity contribution in [1.82, 2.24) is 36.2 Å². The largest absolute Gasteiger partial charge is 0.490 e. The van der Waals surface area contributed by atoms with Crippen molar-refractivity contribution in [3.63, 3.8) is 0 Å². The zero-order valence-electron chi connectivity index (χ0n) is 31.6. The van der Waals surface area contributed by atoms with Gasteiger partial charge in [0.05, 0.1) is 27.8 Å². The highest BCUT2D eigenvalue weighted by atomic mass is 35.5. The normalized spacial score (nSPS) is 24.4. The van der Waals surface area contributed by atoms with Crippen molar-refractivity contribution < 1.29 is 28.7 Å². The lowest BCUT2D eigenvalue weighted by Crippen LogP contribution is -2.54. The number of benzene rings is 2. The van der Waals surface area contributed by atoms with E-state index in [4.69, 9.17) is 21.6 Å². The number of allylic oxidation sites excluding steroid dienone is 2. The van der Waals surface area contributed by atoms with E-state index < -0.39 is 29.7 Å². The van der Waals surface area contributed by atoms with Crippen LogP contribution in [0.5, 0.6) is 5.75 Å². The number of nitrogens with one attached hydrogen (secondary N) is 4. The molecule has 8 rings (SSSR count). The summed E-state index contributed by atoms with van der Waals surface area (Å²) in [5.74, 6) is 0.0517. The van der Waals surface area contributed by atoms with E-state index in [1.807, 2.05) is 18.2 Å². The first-order valence-electron chi connectivity index (χ1n) is 19.8. The van der Waals surface area contributed by atoms with Gasteiger partial charge in [0.15, 0.2) is 0 Å². The molecule has 57 heavy (non-hydrogen) atoms. The molecule has 16 heteroatoms. The fourth-order valence-corrected chi connectivity index (χ4v) is 8.91. The molecule has 4 N–H and O–H groups in total. The average Bonchev–Trinajstić information content (AvgIpc) is 3.47. The third kappa shape index (κ3) is 8.29. The Kier molecular flexibility index (Phi) is 11.1. The molecule has 6 aliphatic rings. The van der Waals surface area contributed by atoms with Crippen molar-refractivity contribution >= 4 is 46.8 Å². The van der Waals surface area contributed by atoms with E-state index >= 15 is 0 Å². The Morgan fingerprint density at radius 2 is 1.60 bits per heavy atom. The van der Waals surface area contributed by atoms with Crippen molar-refractivity contribution in [3.8, 4) is 11.8 Å². The van der Waals surface area contributed by atoms with Gasteiger partial charge >= 0.3 is 0 Å². The number of anilines is 1. The van der Waals surface area contributed by atoms with E-state index in [9.17, 15) is 24.0 Å². The SMILES string of the molecule is N#Cc1ccc(O[C@H]2CC[C@H](NC(=O)C3=CC=C(N4CCC(CN5CCN(c6ccc7c(c6)C(=O)N(C6CCC(=O)NC6=O)C7=O)CC5)CC4)NN3)CC2)cc1Cl. The van der Waals surface area contributed by atoms with E-state index in [1.54, 1.807) is 30.3 Å². The van der Waals surface area contributed by atoms with Crippen LogP contribution < -0.4 is 31.1 Å². The number of piperazine rings is 1. The van der Waals surface area contributed by atoms with Crippen molar-refractivity contribution in [2.45, 2.75) is 69.6 Å². The highest BCUT2D eigenvalue weighted by Gasteiger charge is 2.45. The molecule has 0 aromatic heterocycles. The number of fused-ring (bicyclic) bond motifs is 1. The second-order valence-electron chi connectivity index (χ2n) is 15.6. The second-order valence-corrected chi connectivity index (χ2v) is 16.0. The first kappa shape index (κ1) is 38.3. The van der Waals surface area contributed by atoms with Crippen molar-refractivity contribution in [2.24, 2.45) is 5.92 Å². The Bertz CT molecular complexity index is 2060. The monoisotopic (exact) mass is 795 g/mol. The quantitative estimate of drug-likeness (QED) is 0.273. The molecule has 3 saturated heterocycles. The number of amides is 5. The number of carbonyl (C=O) groups excluding carboxylic acids is 5. The molecule has 5 heterocycles. The summed E-state index contributed by atoms with van der Waals surface area (Å²) in [6, 6.07) is 11.6. The molecule has 0 spiro atoms. The van der Waals surface area contributed by atoms with Crippen LogP contribution >= 0.6 is 11.6 Å². The standard InChI is InChI=1S/C41H46ClN9O6/c42-33-22-30(5-1-26(33)23-43)57-29-6-2-27(3-7-29)44-38(53)34-9-11-36(47-46-34)50-15-13-25(14-16-50)24-48-17-19-49(20-18-48)28-4-8-31-32(21-28)41(56)51(40(31)55)35-10-12-37(52)45-39(35)54/h1,4-5,8-9,11,21-22,25,27,29,35,46-47H,2-3,6-7,10,12-20,24H2,(H,44,53)(H,45,52,54)/t27-,29-,35?. The van der Waals surface area contributed by atoms with Crippen LogP contribution in [0.15, 0.2) is 60.1 Å². The molecule has 5 amide bonds. The van der Waals surface area contributed by atoms with Gasteiger partial charge in [-0.05, 0) is 93.3 Å². The van der Waals surface area contributed by atoms with Gasteiger partial charge in [0.2, 0.25) is 11.8 Å². The number of carbonyl (C=O) groups is 5. The van der Waals surface area contributed by atoms with Crippen LogP contribution in [0, 0.1) is 17.2 Å². The maximum absolute atomic E-state index is 13.3. The summed E-state index contributed by atoms with van der Waals surface area (Å²) >= 11 is 6.15. The number of likely N-dealkylation sites (tertiary alicyclic amines) is 1. The minimum atomic E-state index is -0.974. The molecule has 15 nitrogen and oxygen atoms in total. The molecule has 0 bridgehead atoms. The molecular formula is C41H46ClN9O6. The minimum absolute atomic E-state index is 0.0323. The van der Waals surface area contributed by atoms with Crippen LogP contribution in [-0.2, 0) is 14.4 Å². The number of piperidine rings is 2. The maximum atomic E-state index is 13.3. The molecule has 1 unspecified atom stereocenters. The fourth-order valence-electron chi connectivity index (χ4n) is 8.70. The molecule has 1 saturated carbocycles. The summed E-state index contributed by atoms with van der Waals surface area (Å²) in [6.07, 6.45) is 9.41. The van der Waals surface area contributed by atoms with E-state index in [-0.39, 0.29) is 30.9 Å². The van der Waals surface area contributed by atoms with Crippen LogP contribution in [0.1, 0.15) is 77.6 Å². The summed E-state index contributed by atoms with van der Waals surface area (Å²) in [7, 11) is 0. The maximum Gasteiger partial charge on any atom is 0.269 e. The van der Waals surface area contributed by atoms with Crippen molar-refractivity contribution in [1.29, 1.82) is 5.26 Å². The average molecular weight is 796 g/mol. The van der Waals surface area contributed by atoms with Crippen LogP contribution in [0.25, 0.3) is 0 Å². The predicted octanol–water partition coefficient (Wildman–Crippen LogP) is 2.79. The first-order chi connectivity index (χ1) is 27.6. The van der Waals surface area contributed by atoms with Gasteiger partial charge in [0.25, 0.3) is 17.7 Å². The Morgan fingerprint density at radius 3 is 2.28 bits per heavy atom. The summed E-state index contributed by atoms with van der Waals surface area (Å²) < 4.78 is 6.09. The molecule has 4 fully saturated rings. The molecular weight excluding hydrogens is 750 g/mol. The Balaban J connectivity index is 0.750. The second kappa shape index (κ2) is 16.5. The van der Waals surface area contributed by atoms with Gasteiger partial charge in [-0.1, -0.05) is 11.6 Å². The van der Waals surface area contributed by atoms with Crippen LogP contribution in [0.2, 0.25) is 5.02 Å². The van der Waals surface area contributed by atoms with Gasteiger partial charge in [0, 0.05) is 70.0 Å². The van der Waals surface area contributed by atoms with Gasteiger partial charge in [-0.3, -0.25) is 49.9 Å². The number of halogens is 1. The van der Waals surface area contributed by atoms with Gasteiger partial charge in [0.1, 0.15) is 29.4 Å². The fraction of sp³-hybridized carbons (Fsp3) is 0.463. The third-order valence-electron chi connectivity index (χ3n) is 12.0. The topological polar surface area (TPSA) is 179 Å². The number of hydrazine groups is 1. The summed E-state index contributed by atoms with van der Waals surface area (Å²) in [6.45, 7) is 6.23. The Morgan fingerprint density at radius 1 is 0.842 bits per heavy atom. The van der Waals surface area contributed by atoms with Crippen LogP contribution in [-0.4, -0.2) is 108 Å². The van der Waals surface area contributed by atoms with Crippen molar-refractivity contribution in [2.75, 3.05) is 50.7 Å². The van der Waals surface area contributed by atoms with Gasteiger partial charge in [-0.15, -0.1) is 0 Å². The number of nitriles is 1. The lowest BCUT2D eigenvalue weighted by Gasteiger charge is -2.40.